The molecular formula is C15H17N3O. The first kappa shape index (κ1) is 13.1. The van der Waals surface area contributed by atoms with Gasteiger partial charge in [-0.3, -0.25) is 4.79 Å². The molecule has 0 saturated carbocycles. The Morgan fingerprint density at radius 1 is 1.16 bits per heavy atom. The summed E-state index contributed by atoms with van der Waals surface area (Å²) < 4.78 is 0. The van der Waals surface area contributed by atoms with Crippen molar-refractivity contribution in [2.75, 3.05) is 12.4 Å². The Labute approximate surface area is 112 Å². The molecule has 0 aliphatic carbocycles. The second-order valence-electron chi connectivity index (χ2n) is 4.29. The fourth-order valence-electron chi connectivity index (χ4n) is 1.78. The van der Waals surface area contributed by atoms with Crippen LogP contribution in [0.15, 0.2) is 48.7 Å². The molecule has 0 fully saturated rings. The summed E-state index contributed by atoms with van der Waals surface area (Å²) in [7, 11) is 1.79. The average molecular weight is 255 g/mol. The normalized spacial score (nSPS) is 11.7. The maximum Gasteiger partial charge on any atom is 0.253 e. The molecule has 4 heteroatoms. The summed E-state index contributed by atoms with van der Waals surface area (Å²) in [5.74, 6) is 0.624. The molecule has 1 aromatic carbocycles. The van der Waals surface area contributed by atoms with Crippen LogP contribution in [0.25, 0.3) is 0 Å². The van der Waals surface area contributed by atoms with Gasteiger partial charge in [-0.15, -0.1) is 0 Å². The van der Waals surface area contributed by atoms with E-state index in [0.717, 1.165) is 11.4 Å². The molecule has 19 heavy (non-hydrogen) atoms. The van der Waals surface area contributed by atoms with Gasteiger partial charge in [-0.25, -0.2) is 4.98 Å². The maximum atomic E-state index is 12.1. The van der Waals surface area contributed by atoms with Crippen molar-refractivity contribution in [1.29, 1.82) is 0 Å². The lowest BCUT2D eigenvalue weighted by Crippen LogP contribution is -2.26. The molecule has 2 aromatic rings. The number of benzene rings is 1. The number of hydrogen-bond acceptors (Lipinski definition) is 3. The zero-order chi connectivity index (χ0) is 13.7. The van der Waals surface area contributed by atoms with Crippen LogP contribution in [0.2, 0.25) is 0 Å². The molecular weight excluding hydrogens is 238 g/mol. The summed E-state index contributed by atoms with van der Waals surface area (Å²) in [6, 6.07) is 13.4. The molecule has 0 spiro atoms. The standard InChI is InChI=1S/C15H17N3O/c1-11(12-6-4-3-5-7-12)18-15(19)13-8-9-14(16-2)17-10-13/h3-11H,1-2H3,(H,16,17)(H,18,19). The number of nitrogens with zero attached hydrogens (tertiary/aromatic N) is 1. The van der Waals surface area contributed by atoms with Crippen LogP contribution in [0.4, 0.5) is 5.82 Å². The van der Waals surface area contributed by atoms with Crippen LogP contribution in [0, 0.1) is 0 Å². The van der Waals surface area contributed by atoms with Crippen LogP contribution in [0.5, 0.6) is 0 Å². The number of pyridine rings is 1. The van der Waals surface area contributed by atoms with E-state index in [-0.39, 0.29) is 11.9 Å². The maximum absolute atomic E-state index is 12.1. The van der Waals surface area contributed by atoms with Crippen molar-refractivity contribution in [3.05, 3.63) is 59.8 Å². The monoisotopic (exact) mass is 255 g/mol. The summed E-state index contributed by atoms with van der Waals surface area (Å²) in [6.45, 7) is 1.96. The van der Waals surface area contributed by atoms with Gasteiger partial charge >= 0.3 is 0 Å². The molecule has 2 rings (SSSR count). The van der Waals surface area contributed by atoms with E-state index < -0.39 is 0 Å². The molecule has 1 amide bonds. The van der Waals surface area contributed by atoms with Crippen LogP contribution < -0.4 is 10.6 Å². The highest BCUT2D eigenvalue weighted by molar-refractivity contribution is 5.94. The quantitative estimate of drug-likeness (QED) is 0.883. The van der Waals surface area contributed by atoms with Gasteiger partial charge in [-0.1, -0.05) is 30.3 Å². The summed E-state index contributed by atoms with van der Waals surface area (Å²) in [4.78, 5) is 16.2. The zero-order valence-electron chi connectivity index (χ0n) is 11.1. The van der Waals surface area contributed by atoms with E-state index in [1.165, 1.54) is 0 Å². The van der Waals surface area contributed by atoms with E-state index in [9.17, 15) is 4.79 Å². The van der Waals surface area contributed by atoms with E-state index >= 15 is 0 Å². The molecule has 1 unspecified atom stereocenters. The zero-order valence-corrected chi connectivity index (χ0v) is 11.1. The van der Waals surface area contributed by atoms with Gasteiger partial charge in [0.2, 0.25) is 0 Å². The Bertz CT molecular complexity index is 537. The number of aromatic nitrogens is 1. The van der Waals surface area contributed by atoms with Crippen molar-refractivity contribution in [2.45, 2.75) is 13.0 Å². The number of amides is 1. The van der Waals surface area contributed by atoms with E-state index in [4.69, 9.17) is 0 Å². The van der Waals surface area contributed by atoms with Crippen molar-refractivity contribution < 1.29 is 4.79 Å². The molecule has 4 nitrogen and oxygen atoms in total. The minimum absolute atomic E-state index is 0.0299. The summed E-state index contributed by atoms with van der Waals surface area (Å²) in [5.41, 5.74) is 1.64. The third kappa shape index (κ3) is 3.31. The van der Waals surface area contributed by atoms with Crippen LogP contribution in [0.1, 0.15) is 28.9 Å². The first-order valence-electron chi connectivity index (χ1n) is 6.20. The highest BCUT2D eigenvalue weighted by atomic mass is 16.1. The van der Waals surface area contributed by atoms with Crippen molar-refractivity contribution >= 4 is 11.7 Å². The highest BCUT2D eigenvalue weighted by Crippen LogP contribution is 2.12. The molecule has 0 radical (unpaired) electrons. The van der Waals surface area contributed by atoms with Gasteiger partial charge < -0.3 is 10.6 Å². The third-order valence-corrected chi connectivity index (χ3v) is 2.93. The largest absolute Gasteiger partial charge is 0.373 e. The Kier molecular flexibility index (Phi) is 4.13. The molecule has 1 aromatic heterocycles. The number of carbonyl (C=O) groups is 1. The van der Waals surface area contributed by atoms with Gasteiger partial charge in [0.25, 0.3) is 5.91 Å². The van der Waals surface area contributed by atoms with E-state index in [0.29, 0.717) is 5.56 Å². The predicted molar refractivity (Wildman–Crippen MR) is 76.1 cm³/mol. The SMILES string of the molecule is CNc1ccc(C(=O)NC(C)c2ccccc2)cn1. The van der Waals surface area contributed by atoms with Gasteiger partial charge in [0.1, 0.15) is 5.82 Å². The van der Waals surface area contributed by atoms with E-state index in [1.807, 2.05) is 37.3 Å². The summed E-state index contributed by atoms with van der Waals surface area (Å²) in [5, 5.41) is 5.87. The second kappa shape index (κ2) is 6.00. The van der Waals surface area contributed by atoms with Crippen molar-refractivity contribution in [2.24, 2.45) is 0 Å². The molecule has 1 atom stereocenters. The molecule has 0 saturated heterocycles. The highest BCUT2D eigenvalue weighted by Gasteiger charge is 2.11. The van der Waals surface area contributed by atoms with Gasteiger partial charge in [-0.2, -0.15) is 0 Å². The topological polar surface area (TPSA) is 54.0 Å². The lowest BCUT2D eigenvalue weighted by molar-refractivity contribution is 0.0939. The smallest absolute Gasteiger partial charge is 0.253 e. The summed E-state index contributed by atoms with van der Waals surface area (Å²) in [6.07, 6.45) is 1.57. The average Bonchev–Trinajstić information content (AvgIpc) is 2.48. The number of carbonyl (C=O) groups excluding carboxylic acids is 1. The van der Waals surface area contributed by atoms with Gasteiger partial charge in [0.15, 0.2) is 0 Å². The van der Waals surface area contributed by atoms with E-state index in [1.54, 1.807) is 25.4 Å². The predicted octanol–water partition coefficient (Wildman–Crippen LogP) is 2.61. The Morgan fingerprint density at radius 2 is 1.89 bits per heavy atom. The van der Waals surface area contributed by atoms with Gasteiger partial charge in [0, 0.05) is 13.2 Å². The third-order valence-electron chi connectivity index (χ3n) is 2.93. The fraction of sp³-hybridized carbons (Fsp3) is 0.200. The lowest BCUT2D eigenvalue weighted by atomic mass is 10.1. The molecule has 1 heterocycles. The van der Waals surface area contributed by atoms with Crippen LogP contribution in [-0.2, 0) is 0 Å². The fourth-order valence-corrected chi connectivity index (χ4v) is 1.78. The molecule has 0 aliphatic rings. The van der Waals surface area contributed by atoms with Gasteiger partial charge in [-0.05, 0) is 24.6 Å². The van der Waals surface area contributed by atoms with E-state index in [2.05, 4.69) is 15.6 Å². The summed E-state index contributed by atoms with van der Waals surface area (Å²) >= 11 is 0. The van der Waals surface area contributed by atoms with Crippen LogP contribution in [0.3, 0.4) is 0 Å². The van der Waals surface area contributed by atoms with Crippen molar-refractivity contribution in [1.82, 2.24) is 10.3 Å². The van der Waals surface area contributed by atoms with Crippen molar-refractivity contribution in [3.8, 4) is 0 Å². The molecule has 0 bridgehead atoms. The van der Waals surface area contributed by atoms with Crippen LogP contribution >= 0.6 is 0 Å². The van der Waals surface area contributed by atoms with Gasteiger partial charge in [0.05, 0.1) is 11.6 Å². The minimum Gasteiger partial charge on any atom is -0.373 e. The Morgan fingerprint density at radius 3 is 2.47 bits per heavy atom. The molecule has 98 valence electrons. The molecule has 2 N–H and O–H groups in total. The first-order chi connectivity index (χ1) is 9.20. The number of hydrogen-bond donors (Lipinski definition) is 2. The van der Waals surface area contributed by atoms with Crippen LogP contribution in [-0.4, -0.2) is 17.9 Å². The number of anilines is 1. The lowest BCUT2D eigenvalue weighted by Gasteiger charge is -2.14. The Hall–Kier alpha value is -2.36. The first-order valence-corrected chi connectivity index (χ1v) is 6.20. The molecule has 0 aliphatic heterocycles. The number of nitrogens with one attached hydrogen (secondary N) is 2. The second-order valence-corrected chi connectivity index (χ2v) is 4.29. The van der Waals surface area contributed by atoms with Crippen molar-refractivity contribution in [3.63, 3.8) is 0 Å². The Balaban J connectivity index is 2.04. The number of rotatable bonds is 4. The minimum atomic E-state index is -0.119.